The number of rotatable bonds is 3. The second-order valence-corrected chi connectivity index (χ2v) is 5.02. The van der Waals surface area contributed by atoms with Crippen molar-refractivity contribution in [2.24, 2.45) is 0 Å². The van der Waals surface area contributed by atoms with E-state index >= 15 is 0 Å². The molecule has 4 heteroatoms. The first-order valence-electron chi connectivity index (χ1n) is 4.71. The molecule has 1 heterocycles. The van der Waals surface area contributed by atoms with Gasteiger partial charge in [-0.2, -0.15) is 0 Å². The number of carbonyl (C=O) groups excluding carboxylic acids is 1. The van der Waals surface area contributed by atoms with Gasteiger partial charge < -0.3 is 4.74 Å². The zero-order valence-electron chi connectivity index (χ0n) is 8.35. The highest BCUT2D eigenvalue weighted by Gasteiger charge is 2.09. The molecular weight excluding hydrogens is 288 g/mol. The minimum atomic E-state index is -0.278. The van der Waals surface area contributed by atoms with E-state index in [9.17, 15) is 4.79 Å². The Labute approximate surface area is 106 Å². The Hall–Kier alpha value is -1.13. The van der Waals surface area contributed by atoms with Crippen LogP contribution in [0.2, 0.25) is 0 Å². The van der Waals surface area contributed by atoms with Crippen LogP contribution in [0.1, 0.15) is 15.2 Å². The summed E-state index contributed by atoms with van der Waals surface area (Å²) >= 11 is 4.67. The molecule has 0 N–H and O–H groups in total. The second kappa shape index (κ2) is 5.27. The third kappa shape index (κ3) is 2.93. The van der Waals surface area contributed by atoms with E-state index in [4.69, 9.17) is 4.74 Å². The average Bonchev–Trinajstić information content (AvgIpc) is 2.74. The van der Waals surface area contributed by atoms with Crippen molar-refractivity contribution in [3.8, 4) is 0 Å². The van der Waals surface area contributed by atoms with E-state index < -0.39 is 0 Å². The molecule has 82 valence electrons. The first-order valence-corrected chi connectivity index (χ1v) is 6.38. The fourth-order valence-corrected chi connectivity index (χ4v) is 2.53. The summed E-state index contributed by atoms with van der Waals surface area (Å²) < 4.78 is 6.08. The summed E-state index contributed by atoms with van der Waals surface area (Å²) in [6, 6.07) is 11.4. The summed E-state index contributed by atoms with van der Waals surface area (Å²) in [6.07, 6.45) is 0. The fourth-order valence-electron chi connectivity index (χ4n) is 1.21. The zero-order valence-corrected chi connectivity index (χ0v) is 10.8. The minimum absolute atomic E-state index is 0.278. The molecule has 0 saturated carbocycles. The Kier molecular flexibility index (Phi) is 3.74. The summed E-state index contributed by atoms with van der Waals surface area (Å²) in [5.74, 6) is -0.278. The van der Waals surface area contributed by atoms with E-state index in [1.165, 1.54) is 11.3 Å². The Balaban J connectivity index is 1.94. The molecule has 0 spiro atoms. The minimum Gasteiger partial charge on any atom is -0.457 e. The van der Waals surface area contributed by atoms with Crippen molar-refractivity contribution < 1.29 is 9.53 Å². The normalized spacial score (nSPS) is 10.1. The Morgan fingerprint density at radius 2 is 2.06 bits per heavy atom. The number of esters is 1. The van der Waals surface area contributed by atoms with Gasteiger partial charge in [-0.1, -0.05) is 30.3 Å². The number of hydrogen-bond donors (Lipinski definition) is 0. The molecule has 0 aliphatic heterocycles. The van der Waals surface area contributed by atoms with Gasteiger partial charge in [0.1, 0.15) is 11.5 Å². The summed E-state index contributed by atoms with van der Waals surface area (Å²) in [5, 5.41) is 1.86. The van der Waals surface area contributed by atoms with E-state index in [0.717, 1.165) is 10.0 Å². The number of ether oxygens (including phenoxy) is 1. The van der Waals surface area contributed by atoms with Crippen LogP contribution in [0.3, 0.4) is 0 Å². The van der Waals surface area contributed by atoms with E-state index in [0.29, 0.717) is 11.5 Å². The van der Waals surface area contributed by atoms with Gasteiger partial charge in [0.05, 0.1) is 0 Å². The molecule has 2 rings (SSSR count). The second-order valence-electron chi connectivity index (χ2n) is 3.19. The molecule has 0 aliphatic rings. The Morgan fingerprint density at radius 3 is 2.69 bits per heavy atom. The predicted octanol–water partition coefficient (Wildman–Crippen LogP) is 3.87. The number of benzene rings is 1. The van der Waals surface area contributed by atoms with Gasteiger partial charge in [0.25, 0.3) is 0 Å². The lowest BCUT2D eigenvalue weighted by Gasteiger charge is -2.02. The predicted molar refractivity (Wildman–Crippen MR) is 67.6 cm³/mol. The first kappa shape index (κ1) is 11.4. The molecule has 0 fully saturated rings. The smallest absolute Gasteiger partial charge is 0.348 e. The number of carbonyl (C=O) groups is 1. The molecule has 1 aromatic heterocycles. The highest BCUT2D eigenvalue weighted by Crippen LogP contribution is 2.20. The van der Waals surface area contributed by atoms with Gasteiger partial charge >= 0.3 is 5.97 Å². The maximum absolute atomic E-state index is 11.6. The molecule has 2 aromatic rings. The standard InChI is InChI=1S/C12H9BrO2S/c13-10-6-11(16-8-10)12(14)15-7-9-4-2-1-3-5-9/h1-6,8H,7H2. The number of thiophene rings is 1. The number of hydrogen-bond acceptors (Lipinski definition) is 3. The van der Waals surface area contributed by atoms with Gasteiger partial charge in [-0.3, -0.25) is 0 Å². The van der Waals surface area contributed by atoms with Crippen molar-refractivity contribution in [2.45, 2.75) is 6.61 Å². The summed E-state index contributed by atoms with van der Waals surface area (Å²) in [4.78, 5) is 12.2. The van der Waals surface area contributed by atoms with Gasteiger partial charge in [0.15, 0.2) is 0 Å². The molecule has 0 saturated heterocycles. The van der Waals surface area contributed by atoms with E-state index in [-0.39, 0.29) is 5.97 Å². The molecule has 16 heavy (non-hydrogen) atoms. The van der Waals surface area contributed by atoms with Crippen molar-refractivity contribution in [3.05, 3.63) is 56.7 Å². The zero-order chi connectivity index (χ0) is 11.4. The molecule has 0 radical (unpaired) electrons. The van der Waals surface area contributed by atoms with E-state index in [1.807, 2.05) is 35.7 Å². The van der Waals surface area contributed by atoms with Crippen LogP contribution in [-0.2, 0) is 11.3 Å². The maximum atomic E-state index is 11.6. The van der Waals surface area contributed by atoms with Crippen LogP contribution < -0.4 is 0 Å². The van der Waals surface area contributed by atoms with Crippen molar-refractivity contribution in [1.29, 1.82) is 0 Å². The van der Waals surface area contributed by atoms with Crippen LogP contribution in [0.4, 0.5) is 0 Å². The van der Waals surface area contributed by atoms with E-state index in [2.05, 4.69) is 15.9 Å². The van der Waals surface area contributed by atoms with Gasteiger partial charge in [0.2, 0.25) is 0 Å². The summed E-state index contributed by atoms with van der Waals surface area (Å²) in [7, 11) is 0. The van der Waals surface area contributed by atoms with Gasteiger partial charge in [-0.15, -0.1) is 11.3 Å². The van der Waals surface area contributed by atoms with Gasteiger partial charge in [-0.05, 0) is 27.6 Å². The van der Waals surface area contributed by atoms with Gasteiger partial charge in [0, 0.05) is 9.85 Å². The lowest BCUT2D eigenvalue weighted by Crippen LogP contribution is -2.02. The molecule has 0 aliphatic carbocycles. The van der Waals surface area contributed by atoms with Crippen LogP contribution in [0.25, 0.3) is 0 Å². The molecule has 1 aromatic carbocycles. The van der Waals surface area contributed by atoms with Crippen LogP contribution >= 0.6 is 27.3 Å². The summed E-state index contributed by atoms with van der Waals surface area (Å²) in [5.41, 5.74) is 0.992. The lowest BCUT2D eigenvalue weighted by atomic mass is 10.2. The van der Waals surface area contributed by atoms with Crippen molar-refractivity contribution in [1.82, 2.24) is 0 Å². The fraction of sp³-hybridized carbons (Fsp3) is 0.0833. The third-order valence-corrected chi connectivity index (χ3v) is 3.65. The van der Waals surface area contributed by atoms with E-state index in [1.54, 1.807) is 6.07 Å². The number of halogens is 1. The monoisotopic (exact) mass is 296 g/mol. The van der Waals surface area contributed by atoms with Crippen molar-refractivity contribution >= 4 is 33.2 Å². The molecule has 0 atom stereocenters. The van der Waals surface area contributed by atoms with Crippen LogP contribution in [0, 0.1) is 0 Å². The summed E-state index contributed by atoms with van der Waals surface area (Å²) in [6.45, 7) is 0.315. The third-order valence-electron chi connectivity index (χ3n) is 1.98. The topological polar surface area (TPSA) is 26.3 Å². The lowest BCUT2D eigenvalue weighted by molar-refractivity contribution is 0.0478. The Bertz CT molecular complexity index is 479. The van der Waals surface area contributed by atoms with Crippen LogP contribution in [-0.4, -0.2) is 5.97 Å². The molecular formula is C12H9BrO2S. The van der Waals surface area contributed by atoms with Crippen molar-refractivity contribution in [3.63, 3.8) is 0 Å². The first-order chi connectivity index (χ1) is 7.75. The highest BCUT2D eigenvalue weighted by atomic mass is 79.9. The average molecular weight is 297 g/mol. The Morgan fingerprint density at radius 1 is 1.31 bits per heavy atom. The quantitative estimate of drug-likeness (QED) is 0.804. The molecule has 0 amide bonds. The highest BCUT2D eigenvalue weighted by molar-refractivity contribution is 9.10. The molecule has 2 nitrogen and oxygen atoms in total. The molecule has 0 unspecified atom stereocenters. The maximum Gasteiger partial charge on any atom is 0.348 e. The largest absolute Gasteiger partial charge is 0.457 e. The van der Waals surface area contributed by atoms with Gasteiger partial charge in [-0.25, -0.2) is 4.79 Å². The SMILES string of the molecule is O=C(OCc1ccccc1)c1cc(Br)cs1. The van der Waals surface area contributed by atoms with Crippen molar-refractivity contribution in [2.75, 3.05) is 0 Å². The van der Waals surface area contributed by atoms with Crippen LogP contribution in [0.15, 0.2) is 46.3 Å². The molecule has 0 bridgehead atoms. The van der Waals surface area contributed by atoms with Crippen LogP contribution in [0.5, 0.6) is 0 Å².